The van der Waals surface area contributed by atoms with E-state index in [9.17, 15) is 14.4 Å². The third-order valence-electron chi connectivity index (χ3n) is 8.71. The molecule has 8 nitrogen and oxygen atoms in total. The molecule has 0 bridgehead atoms. The van der Waals surface area contributed by atoms with Gasteiger partial charge >= 0.3 is 0 Å². The molecular weight excluding hydrogens is 528 g/mol. The first-order valence-electron chi connectivity index (χ1n) is 14.5. The minimum atomic E-state index is -0.811. The van der Waals surface area contributed by atoms with Crippen molar-refractivity contribution in [3.63, 3.8) is 0 Å². The van der Waals surface area contributed by atoms with Crippen molar-refractivity contribution < 1.29 is 19.1 Å². The molecule has 4 atom stereocenters. The highest BCUT2D eigenvalue weighted by Gasteiger charge is 2.55. The number of rotatable bonds is 8. The van der Waals surface area contributed by atoms with Crippen molar-refractivity contribution in [3.8, 4) is 5.75 Å². The van der Waals surface area contributed by atoms with Gasteiger partial charge in [-0.2, -0.15) is 0 Å². The normalized spacial score (nSPS) is 21.6. The van der Waals surface area contributed by atoms with Gasteiger partial charge in [0.15, 0.2) is 0 Å². The third kappa shape index (κ3) is 5.63. The van der Waals surface area contributed by atoms with Gasteiger partial charge in [0.25, 0.3) is 0 Å². The standard InChI is InChI=1S/C34H40N4O4/c1-21(35-4)31(39)36-27-18-24-16-17-25(42-5)19-26(24)28-20-34(2,3)30(38(28)33(27)41)32(40)37-29(22-12-8-6-9-13-22)23-14-10-7-11-15-23/h6-17,19,21,27-30,35H,18,20H2,1-5H3,(H,36,39)(H,37,40)/t21-,27?,28?,30?/m0/s1. The molecule has 5 rings (SSSR count). The van der Waals surface area contributed by atoms with Gasteiger partial charge in [0, 0.05) is 6.42 Å². The van der Waals surface area contributed by atoms with Crippen molar-refractivity contribution in [2.24, 2.45) is 5.41 Å². The van der Waals surface area contributed by atoms with Crippen LogP contribution in [0.25, 0.3) is 0 Å². The number of fused-ring (bicyclic) bond motifs is 3. The molecule has 0 aliphatic carbocycles. The lowest BCUT2D eigenvalue weighted by Gasteiger charge is -2.35. The fourth-order valence-corrected chi connectivity index (χ4v) is 6.38. The molecule has 2 aliphatic rings. The number of nitrogens with one attached hydrogen (secondary N) is 3. The molecule has 0 saturated carbocycles. The average Bonchev–Trinajstić information content (AvgIpc) is 3.24. The zero-order chi connectivity index (χ0) is 30.0. The molecule has 0 aromatic heterocycles. The maximum absolute atomic E-state index is 14.4. The van der Waals surface area contributed by atoms with Crippen molar-refractivity contribution in [2.75, 3.05) is 14.2 Å². The minimum absolute atomic E-state index is 0.228. The summed E-state index contributed by atoms with van der Waals surface area (Å²) in [7, 11) is 3.32. The molecule has 3 aromatic rings. The number of hydrogen-bond donors (Lipinski definition) is 3. The number of carbonyl (C=O) groups excluding carboxylic acids is 3. The van der Waals surface area contributed by atoms with E-state index in [4.69, 9.17) is 4.74 Å². The topological polar surface area (TPSA) is 99.8 Å². The van der Waals surface area contributed by atoms with E-state index >= 15 is 0 Å². The van der Waals surface area contributed by atoms with E-state index < -0.39 is 29.6 Å². The number of benzene rings is 3. The smallest absolute Gasteiger partial charge is 0.246 e. The Morgan fingerprint density at radius 1 is 0.976 bits per heavy atom. The average molecular weight is 569 g/mol. The van der Waals surface area contributed by atoms with Gasteiger partial charge in [-0.25, -0.2) is 0 Å². The van der Waals surface area contributed by atoms with E-state index in [-0.39, 0.29) is 23.8 Å². The van der Waals surface area contributed by atoms with Gasteiger partial charge in [-0.05, 0) is 60.2 Å². The van der Waals surface area contributed by atoms with Crippen LogP contribution in [0.5, 0.6) is 5.75 Å². The molecule has 0 spiro atoms. The fraction of sp³-hybridized carbons (Fsp3) is 0.382. The monoisotopic (exact) mass is 568 g/mol. The molecule has 2 heterocycles. The molecule has 3 unspecified atom stereocenters. The number of carbonyl (C=O) groups is 3. The van der Waals surface area contributed by atoms with Crippen LogP contribution >= 0.6 is 0 Å². The summed E-state index contributed by atoms with van der Waals surface area (Å²) >= 11 is 0. The van der Waals surface area contributed by atoms with Crippen LogP contribution in [0.4, 0.5) is 0 Å². The molecule has 42 heavy (non-hydrogen) atoms. The van der Waals surface area contributed by atoms with Crippen LogP contribution in [-0.2, 0) is 20.8 Å². The van der Waals surface area contributed by atoms with E-state index in [2.05, 4.69) is 16.0 Å². The third-order valence-corrected chi connectivity index (χ3v) is 8.71. The van der Waals surface area contributed by atoms with Crippen LogP contribution in [-0.4, -0.2) is 54.9 Å². The number of nitrogens with zero attached hydrogens (tertiary/aromatic N) is 1. The number of likely N-dealkylation sites (N-methyl/N-ethyl adjacent to an activating group) is 1. The number of methoxy groups -OCH3 is 1. The predicted molar refractivity (Wildman–Crippen MR) is 162 cm³/mol. The van der Waals surface area contributed by atoms with Crippen LogP contribution in [0.2, 0.25) is 0 Å². The van der Waals surface area contributed by atoms with E-state index in [0.717, 1.165) is 22.3 Å². The van der Waals surface area contributed by atoms with Crippen molar-refractivity contribution in [1.29, 1.82) is 0 Å². The van der Waals surface area contributed by atoms with Gasteiger partial charge in [0.05, 0.1) is 25.2 Å². The Labute approximate surface area is 247 Å². The summed E-state index contributed by atoms with van der Waals surface area (Å²) in [5, 5.41) is 9.20. The first kappa shape index (κ1) is 29.3. The Morgan fingerprint density at radius 3 is 2.17 bits per heavy atom. The van der Waals surface area contributed by atoms with Crippen LogP contribution in [0.15, 0.2) is 78.9 Å². The first-order valence-corrected chi connectivity index (χ1v) is 14.5. The number of hydrogen-bond acceptors (Lipinski definition) is 5. The van der Waals surface area contributed by atoms with Crippen LogP contribution < -0.4 is 20.7 Å². The molecule has 8 heteroatoms. The van der Waals surface area contributed by atoms with Crippen molar-refractivity contribution >= 4 is 17.7 Å². The van der Waals surface area contributed by atoms with Crippen molar-refractivity contribution in [3.05, 3.63) is 101 Å². The lowest BCUT2D eigenvalue weighted by molar-refractivity contribution is -0.145. The summed E-state index contributed by atoms with van der Waals surface area (Å²) in [5.41, 5.74) is 3.27. The maximum atomic E-state index is 14.4. The van der Waals surface area contributed by atoms with E-state index in [1.807, 2.05) is 92.7 Å². The summed E-state index contributed by atoms with van der Waals surface area (Å²) in [6, 6.07) is 22.7. The summed E-state index contributed by atoms with van der Waals surface area (Å²) in [6.07, 6.45) is 0.921. The van der Waals surface area contributed by atoms with Gasteiger partial charge in [0.1, 0.15) is 17.8 Å². The summed E-state index contributed by atoms with van der Waals surface area (Å²) in [4.78, 5) is 43.5. The lowest BCUT2D eigenvalue weighted by atomic mass is 9.81. The highest BCUT2D eigenvalue weighted by Crippen LogP contribution is 2.50. The highest BCUT2D eigenvalue weighted by molar-refractivity contribution is 5.95. The van der Waals surface area contributed by atoms with Crippen molar-refractivity contribution in [2.45, 2.75) is 63.8 Å². The molecule has 3 aromatic carbocycles. The zero-order valence-corrected chi connectivity index (χ0v) is 24.9. The van der Waals surface area contributed by atoms with Gasteiger partial charge in [0.2, 0.25) is 17.7 Å². The van der Waals surface area contributed by atoms with Gasteiger partial charge in [-0.1, -0.05) is 80.6 Å². The Hall–Kier alpha value is -4.17. The molecule has 220 valence electrons. The molecule has 3 amide bonds. The van der Waals surface area contributed by atoms with E-state index in [1.54, 1.807) is 26.0 Å². The molecule has 2 aliphatic heterocycles. The maximum Gasteiger partial charge on any atom is 0.246 e. The fourth-order valence-electron chi connectivity index (χ4n) is 6.38. The zero-order valence-electron chi connectivity index (χ0n) is 24.9. The Balaban J connectivity index is 1.56. The molecule has 0 radical (unpaired) electrons. The first-order chi connectivity index (χ1) is 20.1. The Bertz CT molecular complexity index is 1400. The SMILES string of the molecule is CN[C@@H](C)C(=O)NC1Cc2ccc(OC)cc2C2CC(C)(C)C(C(=O)NC(c3ccccc3)c3ccccc3)N2C1=O. The number of amides is 3. The van der Waals surface area contributed by atoms with E-state index in [1.165, 1.54) is 0 Å². The Kier molecular flexibility index (Phi) is 8.36. The second-order valence-electron chi connectivity index (χ2n) is 12.0. The second-order valence-corrected chi connectivity index (χ2v) is 12.0. The summed E-state index contributed by atoms with van der Waals surface area (Å²) in [6.45, 7) is 5.83. The quantitative estimate of drug-likeness (QED) is 0.383. The van der Waals surface area contributed by atoms with Crippen LogP contribution in [0.3, 0.4) is 0 Å². The molecule has 3 N–H and O–H groups in total. The Morgan fingerprint density at radius 2 is 1.60 bits per heavy atom. The lowest BCUT2D eigenvalue weighted by Crippen LogP contribution is -2.57. The predicted octanol–water partition coefficient (Wildman–Crippen LogP) is 3.92. The minimum Gasteiger partial charge on any atom is -0.497 e. The van der Waals surface area contributed by atoms with Gasteiger partial charge in [-0.15, -0.1) is 0 Å². The van der Waals surface area contributed by atoms with Gasteiger partial charge in [-0.3, -0.25) is 14.4 Å². The summed E-state index contributed by atoms with van der Waals surface area (Å²) in [5.74, 6) is -0.0644. The largest absolute Gasteiger partial charge is 0.497 e. The van der Waals surface area contributed by atoms with Crippen LogP contribution in [0.1, 0.15) is 61.5 Å². The molecule has 1 saturated heterocycles. The van der Waals surface area contributed by atoms with Crippen LogP contribution in [0, 0.1) is 5.41 Å². The van der Waals surface area contributed by atoms with E-state index in [0.29, 0.717) is 18.6 Å². The number of ether oxygens (including phenoxy) is 1. The highest BCUT2D eigenvalue weighted by atomic mass is 16.5. The molecule has 1 fully saturated rings. The van der Waals surface area contributed by atoms with Crippen molar-refractivity contribution in [1.82, 2.24) is 20.9 Å². The second kappa shape index (κ2) is 12.0. The van der Waals surface area contributed by atoms with Gasteiger partial charge < -0.3 is 25.6 Å². The molecular formula is C34H40N4O4. The summed E-state index contributed by atoms with van der Waals surface area (Å²) < 4.78 is 5.55.